The number of ether oxygens (including phenoxy) is 2. The number of carbonyl (C=O) groups is 2. The Morgan fingerprint density at radius 2 is 1.96 bits per heavy atom. The van der Waals surface area contributed by atoms with Gasteiger partial charge >= 0.3 is 5.97 Å². The highest BCUT2D eigenvalue weighted by Crippen LogP contribution is 2.14. The maximum atomic E-state index is 11.8. The molecule has 1 aliphatic heterocycles. The van der Waals surface area contributed by atoms with Gasteiger partial charge in [-0.3, -0.25) is 4.79 Å². The van der Waals surface area contributed by atoms with Crippen LogP contribution < -0.4 is 10.1 Å². The van der Waals surface area contributed by atoms with E-state index in [9.17, 15) is 18.0 Å². The summed E-state index contributed by atoms with van der Waals surface area (Å²) in [6.07, 6.45) is 2.21. The van der Waals surface area contributed by atoms with Crippen molar-refractivity contribution in [2.75, 3.05) is 24.7 Å². The van der Waals surface area contributed by atoms with Gasteiger partial charge in [-0.1, -0.05) is 13.3 Å². The van der Waals surface area contributed by atoms with Gasteiger partial charge in [0.25, 0.3) is 5.91 Å². The minimum absolute atomic E-state index is 0.0203. The summed E-state index contributed by atoms with van der Waals surface area (Å²) in [5.74, 6) is -0.230. The van der Waals surface area contributed by atoms with Crippen molar-refractivity contribution >= 4 is 21.7 Å². The van der Waals surface area contributed by atoms with Crippen LogP contribution in [0.15, 0.2) is 24.3 Å². The van der Waals surface area contributed by atoms with Crippen LogP contribution in [0.25, 0.3) is 0 Å². The van der Waals surface area contributed by atoms with E-state index in [2.05, 4.69) is 5.32 Å². The van der Waals surface area contributed by atoms with Crippen molar-refractivity contribution in [2.45, 2.75) is 32.2 Å². The summed E-state index contributed by atoms with van der Waals surface area (Å²) < 4.78 is 33.2. The first kappa shape index (κ1) is 19.2. The van der Waals surface area contributed by atoms with E-state index in [0.29, 0.717) is 24.3 Å². The van der Waals surface area contributed by atoms with Crippen LogP contribution in [0.3, 0.4) is 0 Å². The maximum Gasteiger partial charge on any atom is 0.338 e. The Kier molecular flexibility index (Phi) is 6.81. The van der Waals surface area contributed by atoms with Gasteiger partial charge in [0.15, 0.2) is 16.4 Å². The van der Waals surface area contributed by atoms with Gasteiger partial charge in [0.05, 0.1) is 23.7 Å². The van der Waals surface area contributed by atoms with Gasteiger partial charge < -0.3 is 14.8 Å². The summed E-state index contributed by atoms with van der Waals surface area (Å²) in [7, 11) is -3.03. The number of nitrogens with one attached hydrogen (secondary N) is 1. The van der Waals surface area contributed by atoms with E-state index in [1.54, 1.807) is 24.3 Å². The topological polar surface area (TPSA) is 98.8 Å². The highest BCUT2D eigenvalue weighted by molar-refractivity contribution is 7.91. The van der Waals surface area contributed by atoms with E-state index in [1.807, 2.05) is 6.92 Å². The molecule has 1 N–H and O–H groups in total. The number of unbranched alkanes of at least 4 members (excludes halogenated alkanes) is 1. The van der Waals surface area contributed by atoms with E-state index in [0.717, 1.165) is 12.8 Å². The molecular weight excluding hydrogens is 346 g/mol. The first-order valence-electron chi connectivity index (χ1n) is 8.29. The first-order chi connectivity index (χ1) is 11.9. The molecule has 0 bridgehead atoms. The third-order valence-corrected chi connectivity index (χ3v) is 5.56. The summed E-state index contributed by atoms with van der Waals surface area (Å²) >= 11 is 0. The average molecular weight is 369 g/mol. The average Bonchev–Trinajstić information content (AvgIpc) is 2.92. The number of amides is 1. The standard InChI is InChI=1S/C17H23NO6S/c1-2-3-9-23-17(20)13-4-6-15(7-5-13)24-11-16(19)18-14-8-10-25(21,22)12-14/h4-7,14H,2-3,8-12H2,1H3,(H,18,19)/t14-/m1/s1. The Morgan fingerprint density at radius 1 is 1.24 bits per heavy atom. The molecule has 25 heavy (non-hydrogen) atoms. The number of esters is 1. The molecule has 1 saturated heterocycles. The Hall–Kier alpha value is -2.09. The Bertz CT molecular complexity index is 698. The lowest BCUT2D eigenvalue weighted by atomic mass is 10.2. The van der Waals surface area contributed by atoms with Crippen molar-refractivity contribution in [1.29, 1.82) is 0 Å². The molecule has 0 saturated carbocycles. The minimum atomic E-state index is -3.03. The number of hydrogen-bond donors (Lipinski definition) is 1. The quantitative estimate of drug-likeness (QED) is 0.548. The lowest BCUT2D eigenvalue weighted by Gasteiger charge is -2.11. The van der Waals surface area contributed by atoms with Gasteiger partial charge in [-0.2, -0.15) is 0 Å². The zero-order chi connectivity index (χ0) is 18.3. The van der Waals surface area contributed by atoms with Crippen molar-refractivity contribution < 1.29 is 27.5 Å². The molecule has 1 fully saturated rings. The molecule has 0 aromatic heterocycles. The van der Waals surface area contributed by atoms with Crippen LogP contribution in [0.4, 0.5) is 0 Å². The molecule has 1 aromatic carbocycles. The van der Waals surface area contributed by atoms with E-state index in [-0.39, 0.29) is 36.0 Å². The SMILES string of the molecule is CCCCOC(=O)c1ccc(OCC(=O)N[C@@H]2CCS(=O)(=O)C2)cc1. The van der Waals surface area contributed by atoms with Gasteiger partial charge in [0.2, 0.25) is 0 Å². The Balaban J connectivity index is 1.75. The third-order valence-electron chi connectivity index (χ3n) is 3.79. The second-order valence-electron chi connectivity index (χ2n) is 5.97. The minimum Gasteiger partial charge on any atom is -0.484 e. The van der Waals surface area contributed by atoms with Gasteiger partial charge in [-0.25, -0.2) is 13.2 Å². The maximum absolute atomic E-state index is 11.8. The molecule has 0 radical (unpaired) electrons. The molecule has 1 aromatic rings. The van der Waals surface area contributed by atoms with Crippen LogP contribution >= 0.6 is 0 Å². The van der Waals surface area contributed by atoms with Crippen LogP contribution in [0.1, 0.15) is 36.5 Å². The van der Waals surface area contributed by atoms with E-state index < -0.39 is 9.84 Å². The highest BCUT2D eigenvalue weighted by Gasteiger charge is 2.28. The predicted octanol–water partition coefficient (Wildman–Crippen LogP) is 1.33. The van der Waals surface area contributed by atoms with Gasteiger partial charge in [0, 0.05) is 6.04 Å². The van der Waals surface area contributed by atoms with Crippen LogP contribution in [0.5, 0.6) is 5.75 Å². The molecule has 0 spiro atoms. The number of sulfone groups is 1. The van der Waals surface area contributed by atoms with Gasteiger partial charge in [0.1, 0.15) is 5.75 Å². The van der Waals surface area contributed by atoms with Crippen LogP contribution in [-0.2, 0) is 19.4 Å². The molecule has 138 valence electrons. The molecule has 1 atom stereocenters. The Labute approximate surface area is 147 Å². The number of hydrogen-bond acceptors (Lipinski definition) is 6. The van der Waals surface area contributed by atoms with Crippen molar-refractivity contribution in [2.24, 2.45) is 0 Å². The summed E-state index contributed by atoms with van der Waals surface area (Å²) in [6.45, 7) is 2.20. The molecule has 7 nitrogen and oxygen atoms in total. The fourth-order valence-electron chi connectivity index (χ4n) is 2.41. The molecule has 0 unspecified atom stereocenters. The summed E-state index contributed by atoms with van der Waals surface area (Å²) in [5.41, 5.74) is 0.420. The van der Waals surface area contributed by atoms with E-state index >= 15 is 0 Å². The van der Waals surface area contributed by atoms with E-state index in [1.165, 1.54) is 0 Å². The molecule has 1 aliphatic rings. The molecule has 1 amide bonds. The van der Waals surface area contributed by atoms with Gasteiger partial charge in [-0.15, -0.1) is 0 Å². The largest absolute Gasteiger partial charge is 0.484 e. The molecule has 0 aliphatic carbocycles. The second kappa shape index (κ2) is 8.84. The predicted molar refractivity (Wildman–Crippen MR) is 92.3 cm³/mol. The van der Waals surface area contributed by atoms with Crippen molar-refractivity contribution in [3.05, 3.63) is 29.8 Å². The molecule has 2 rings (SSSR count). The monoisotopic (exact) mass is 369 g/mol. The van der Waals surface area contributed by atoms with Crippen LogP contribution in [0, 0.1) is 0 Å². The molecular formula is C17H23NO6S. The second-order valence-corrected chi connectivity index (χ2v) is 8.20. The zero-order valence-corrected chi connectivity index (χ0v) is 15.0. The Morgan fingerprint density at radius 3 is 2.56 bits per heavy atom. The lowest BCUT2D eigenvalue weighted by molar-refractivity contribution is -0.123. The summed E-state index contributed by atoms with van der Waals surface area (Å²) in [6, 6.07) is 5.98. The van der Waals surface area contributed by atoms with Gasteiger partial charge in [-0.05, 0) is 37.1 Å². The highest BCUT2D eigenvalue weighted by atomic mass is 32.2. The lowest BCUT2D eigenvalue weighted by Crippen LogP contribution is -2.38. The normalized spacial score (nSPS) is 18.5. The van der Waals surface area contributed by atoms with Crippen LogP contribution in [-0.4, -0.2) is 51.1 Å². The van der Waals surface area contributed by atoms with Crippen LogP contribution in [0.2, 0.25) is 0 Å². The number of rotatable bonds is 8. The van der Waals surface area contributed by atoms with E-state index in [4.69, 9.17) is 9.47 Å². The third kappa shape index (κ3) is 6.38. The molecule has 8 heteroatoms. The van der Waals surface area contributed by atoms with Crippen molar-refractivity contribution in [1.82, 2.24) is 5.32 Å². The van der Waals surface area contributed by atoms with Crippen molar-refractivity contribution in [3.8, 4) is 5.75 Å². The first-order valence-corrected chi connectivity index (χ1v) is 10.1. The summed E-state index contributed by atoms with van der Waals surface area (Å²) in [5, 5.41) is 2.65. The fourth-order valence-corrected chi connectivity index (χ4v) is 4.08. The smallest absolute Gasteiger partial charge is 0.338 e. The molecule has 1 heterocycles. The number of carbonyl (C=O) groups excluding carboxylic acids is 2. The summed E-state index contributed by atoms with van der Waals surface area (Å²) in [4.78, 5) is 23.6. The number of benzene rings is 1. The fraction of sp³-hybridized carbons (Fsp3) is 0.529. The van der Waals surface area contributed by atoms with Crippen molar-refractivity contribution in [3.63, 3.8) is 0 Å². The zero-order valence-electron chi connectivity index (χ0n) is 14.2.